The molecule has 88 valence electrons. The highest BCUT2D eigenvalue weighted by molar-refractivity contribution is 5.92. The summed E-state index contributed by atoms with van der Waals surface area (Å²) >= 11 is 0. The van der Waals surface area contributed by atoms with Crippen LogP contribution in [0.2, 0.25) is 0 Å². The lowest BCUT2D eigenvalue weighted by molar-refractivity contribution is 0.0945. The first-order valence-electron chi connectivity index (χ1n) is 5.37. The number of nitrogens with one attached hydrogen (secondary N) is 1. The van der Waals surface area contributed by atoms with Crippen molar-refractivity contribution < 1.29 is 9.32 Å². The fourth-order valence-corrected chi connectivity index (χ4v) is 1.41. The lowest BCUT2D eigenvalue weighted by Gasteiger charge is -2.01. The number of hydrogen-bond acceptors (Lipinski definition) is 4. The molecule has 1 amide bonds. The minimum Gasteiger partial charge on any atom is -0.361 e. The molecule has 5 heteroatoms. The molecular weight excluding hydrogens is 218 g/mol. The number of amides is 1. The van der Waals surface area contributed by atoms with Crippen LogP contribution in [-0.2, 0) is 6.42 Å². The van der Waals surface area contributed by atoms with Gasteiger partial charge in [-0.05, 0) is 19.1 Å². The molecule has 0 aliphatic rings. The van der Waals surface area contributed by atoms with E-state index in [1.54, 1.807) is 19.2 Å². The van der Waals surface area contributed by atoms with Gasteiger partial charge in [-0.3, -0.25) is 9.78 Å². The molecular formula is C12H13N3O2. The summed E-state index contributed by atoms with van der Waals surface area (Å²) in [6.45, 7) is 2.28. The Bertz CT molecular complexity index is 493. The topological polar surface area (TPSA) is 68.0 Å². The molecule has 0 fully saturated rings. The largest absolute Gasteiger partial charge is 0.361 e. The van der Waals surface area contributed by atoms with Crippen molar-refractivity contribution >= 4 is 5.91 Å². The third-order valence-corrected chi connectivity index (χ3v) is 2.25. The summed E-state index contributed by atoms with van der Waals surface area (Å²) in [4.78, 5) is 15.8. The van der Waals surface area contributed by atoms with Crippen molar-refractivity contribution in [2.75, 3.05) is 6.54 Å². The van der Waals surface area contributed by atoms with E-state index in [0.29, 0.717) is 24.4 Å². The predicted octanol–water partition coefficient (Wildman–Crippen LogP) is 1.35. The number of carbonyl (C=O) groups is 1. The van der Waals surface area contributed by atoms with Crippen LogP contribution in [0.15, 0.2) is 35.0 Å². The summed E-state index contributed by atoms with van der Waals surface area (Å²) in [5, 5.41) is 6.40. The Morgan fingerprint density at radius 3 is 3.00 bits per heavy atom. The molecule has 0 saturated heterocycles. The molecule has 0 unspecified atom stereocenters. The zero-order valence-corrected chi connectivity index (χ0v) is 9.51. The molecule has 0 radical (unpaired) electrons. The number of pyridine rings is 1. The number of hydrogen-bond donors (Lipinski definition) is 1. The zero-order chi connectivity index (χ0) is 12.1. The van der Waals surface area contributed by atoms with E-state index in [0.717, 1.165) is 5.69 Å². The van der Waals surface area contributed by atoms with Gasteiger partial charge in [-0.1, -0.05) is 11.2 Å². The van der Waals surface area contributed by atoms with Gasteiger partial charge >= 0.3 is 0 Å². The molecule has 0 aliphatic heterocycles. The van der Waals surface area contributed by atoms with E-state index in [1.807, 2.05) is 18.2 Å². The summed E-state index contributed by atoms with van der Waals surface area (Å²) in [6.07, 6.45) is 2.43. The molecule has 17 heavy (non-hydrogen) atoms. The van der Waals surface area contributed by atoms with Gasteiger partial charge in [-0.2, -0.15) is 0 Å². The maximum absolute atomic E-state index is 11.6. The van der Waals surface area contributed by atoms with Crippen molar-refractivity contribution in [3.05, 3.63) is 47.6 Å². The maximum atomic E-state index is 11.6. The van der Waals surface area contributed by atoms with Crippen LogP contribution in [0.5, 0.6) is 0 Å². The average Bonchev–Trinajstić information content (AvgIpc) is 2.77. The Balaban J connectivity index is 1.81. The lowest BCUT2D eigenvalue weighted by Crippen LogP contribution is -2.26. The third kappa shape index (κ3) is 3.14. The number of aromatic nitrogens is 2. The second kappa shape index (κ2) is 5.25. The van der Waals surface area contributed by atoms with Gasteiger partial charge in [-0.25, -0.2) is 0 Å². The first kappa shape index (κ1) is 11.3. The first-order valence-corrected chi connectivity index (χ1v) is 5.37. The third-order valence-electron chi connectivity index (χ3n) is 2.25. The normalized spacial score (nSPS) is 10.2. The molecule has 2 aromatic heterocycles. The summed E-state index contributed by atoms with van der Waals surface area (Å²) in [5.41, 5.74) is 1.26. The highest BCUT2D eigenvalue weighted by atomic mass is 16.5. The van der Waals surface area contributed by atoms with Gasteiger partial charge in [0.05, 0.1) is 0 Å². The number of rotatable bonds is 4. The first-order chi connectivity index (χ1) is 8.25. The molecule has 0 aromatic carbocycles. The van der Waals surface area contributed by atoms with E-state index in [-0.39, 0.29) is 5.91 Å². The molecule has 0 bridgehead atoms. The molecule has 0 aliphatic carbocycles. The summed E-state index contributed by atoms with van der Waals surface area (Å²) in [6, 6.07) is 7.31. The van der Waals surface area contributed by atoms with Crippen LogP contribution in [0.4, 0.5) is 0 Å². The molecule has 2 rings (SSSR count). The maximum Gasteiger partial charge on any atom is 0.273 e. The quantitative estimate of drug-likeness (QED) is 0.862. The molecule has 1 N–H and O–H groups in total. The van der Waals surface area contributed by atoms with Crippen LogP contribution in [-0.4, -0.2) is 22.6 Å². The van der Waals surface area contributed by atoms with Crippen LogP contribution in [0.25, 0.3) is 0 Å². The molecule has 2 aromatic rings. The van der Waals surface area contributed by atoms with E-state index in [1.165, 1.54) is 0 Å². The Labute approximate surface area is 98.8 Å². The fourth-order valence-electron chi connectivity index (χ4n) is 1.41. The molecule has 2 heterocycles. The standard InChI is InChI=1S/C12H13N3O2/c1-9-8-11(15-17-9)12(16)14-7-5-10-4-2-3-6-13-10/h2-4,6,8H,5,7H2,1H3,(H,14,16). The monoisotopic (exact) mass is 231 g/mol. The van der Waals surface area contributed by atoms with Gasteiger partial charge in [0.15, 0.2) is 5.69 Å². The Kier molecular flexibility index (Phi) is 3.49. The van der Waals surface area contributed by atoms with Gasteiger partial charge in [-0.15, -0.1) is 0 Å². The highest BCUT2D eigenvalue weighted by Crippen LogP contribution is 2.01. The van der Waals surface area contributed by atoms with Crippen molar-refractivity contribution in [3.63, 3.8) is 0 Å². The van der Waals surface area contributed by atoms with E-state index in [9.17, 15) is 4.79 Å². The highest BCUT2D eigenvalue weighted by Gasteiger charge is 2.09. The second-order valence-corrected chi connectivity index (χ2v) is 3.65. The predicted molar refractivity (Wildman–Crippen MR) is 61.5 cm³/mol. The van der Waals surface area contributed by atoms with Crippen LogP contribution in [0.1, 0.15) is 21.9 Å². The van der Waals surface area contributed by atoms with E-state index < -0.39 is 0 Å². The van der Waals surface area contributed by atoms with Crippen LogP contribution in [0, 0.1) is 6.92 Å². The second-order valence-electron chi connectivity index (χ2n) is 3.65. The summed E-state index contributed by atoms with van der Waals surface area (Å²) in [5.74, 6) is 0.401. The van der Waals surface area contributed by atoms with Gasteiger partial charge in [0.2, 0.25) is 0 Å². The summed E-state index contributed by atoms with van der Waals surface area (Å²) in [7, 11) is 0. The fraction of sp³-hybridized carbons (Fsp3) is 0.250. The lowest BCUT2D eigenvalue weighted by atomic mass is 10.2. The van der Waals surface area contributed by atoms with Gasteiger partial charge in [0.25, 0.3) is 5.91 Å². The Hall–Kier alpha value is -2.17. The minimum absolute atomic E-state index is 0.224. The molecule has 0 atom stereocenters. The van der Waals surface area contributed by atoms with Crippen LogP contribution < -0.4 is 5.32 Å². The van der Waals surface area contributed by atoms with Crippen LogP contribution in [0.3, 0.4) is 0 Å². The molecule has 0 spiro atoms. The smallest absolute Gasteiger partial charge is 0.273 e. The van der Waals surface area contributed by atoms with Gasteiger partial charge < -0.3 is 9.84 Å². The number of aryl methyl sites for hydroxylation is 1. The molecule has 0 saturated carbocycles. The number of nitrogens with zero attached hydrogens (tertiary/aromatic N) is 2. The van der Waals surface area contributed by atoms with Gasteiger partial charge in [0.1, 0.15) is 5.76 Å². The van der Waals surface area contributed by atoms with Crippen molar-refractivity contribution in [2.45, 2.75) is 13.3 Å². The van der Waals surface area contributed by atoms with Crippen molar-refractivity contribution in [1.82, 2.24) is 15.5 Å². The average molecular weight is 231 g/mol. The molecule has 5 nitrogen and oxygen atoms in total. The Morgan fingerprint density at radius 1 is 1.47 bits per heavy atom. The van der Waals surface area contributed by atoms with Crippen LogP contribution >= 0.6 is 0 Å². The van der Waals surface area contributed by atoms with E-state index in [2.05, 4.69) is 15.5 Å². The van der Waals surface area contributed by atoms with Gasteiger partial charge in [0, 0.05) is 30.9 Å². The number of carbonyl (C=O) groups excluding carboxylic acids is 1. The van der Waals surface area contributed by atoms with Crippen molar-refractivity contribution in [1.29, 1.82) is 0 Å². The Morgan fingerprint density at radius 2 is 2.35 bits per heavy atom. The van der Waals surface area contributed by atoms with Crippen molar-refractivity contribution in [3.8, 4) is 0 Å². The summed E-state index contributed by atoms with van der Waals surface area (Å²) < 4.78 is 4.83. The van der Waals surface area contributed by atoms with E-state index >= 15 is 0 Å². The zero-order valence-electron chi connectivity index (χ0n) is 9.51. The minimum atomic E-state index is -0.224. The van der Waals surface area contributed by atoms with Crippen molar-refractivity contribution in [2.24, 2.45) is 0 Å². The SMILES string of the molecule is Cc1cc(C(=O)NCCc2ccccn2)no1. The van der Waals surface area contributed by atoms with E-state index in [4.69, 9.17) is 4.52 Å².